The first-order chi connectivity index (χ1) is 8.86. The van der Waals surface area contributed by atoms with Gasteiger partial charge in [-0.05, 0) is 26.3 Å². The van der Waals surface area contributed by atoms with E-state index < -0.39 is 0 Å². The lowest BCUT2D eigenvalue weighted by atomic mass is 10.3. The molecule has 0 spiro atoms. The predicted molar refractivity (Wildman–Crippen MR) is 71.5 cm³/mol. The maximum atomic E-state index is 5.39. The molecule has 0 unspecified atom stereocenters. The Balaban J connectivity index is 1.89. The van der Waals surface area contributed by atoms with Gasteiger partial charge in [-0.15, -0.1) is 0 Å². The number of ether oxygens (including phenoxy) is 2. The monoisotopic (exact) mass is 255 g/mol. The number of aromatic nitrogens is 2. The number of hydrogen-bond donors (Lipinski definition) is 1. The van der Waals surface area contributed by atoms with Gasteiger partial charge in [0.05, 0.1) is 19.4 Å². The van der Waals surface area contributed by atoms with Crippen molar-refractivity contribution in [3.63, 3.8) is 0 Å². The third-order valence-corrected chi connectivity index (χ3v) is 2.66. The first kappa shape index (κ1) is 15.1. The maximum Gasteiger partial charge on any atom is 0.0700 e. The largest absolute Gasteiger partial charge is 0.382 e. The molecule has 5 nitrogen and oxygen atoms in total. The molecule has 0 aliphatic carbocycles. The van der Waals surface area contributed by atoms with E-state index >= 15 is 0 Å². The van der Waals surface area contributed by atoms with Gasteiger partial charge in [-0.1, -0.05) is 0 Å². The van der Waals surface area contributed by atoms with E-state index in [1.54, 1.807) is 7.11 Å². The summed E-state index contributed by atoms with van der Waals surface area (Å²) in [7, 11) is 1.69. The number of nitrogens with zero attached hydrogens (tertiary/aromatic N) is 2. The molecular weight excluding hydrogens is 230 g/mol. The summed E-state index contributed by atoms with van der Waals surface area (Å²) in [6.45, 7) is 7.13. The third-order valence-electron chi connectivity index (χ3n) is 2.66. The minimum Gasteiger partial charge on any atom is -0.382 e. The van der Waals surface area contributed by atoms with Gasteiger partial charge in [0.2, 0.25) is 0 Å². The quantitative estimate of drug-likeness (QED) is 0.608. The fourth-order valence-corrected chi connectivity index (χ4v) is 1.60. The van der Waals surface area contributed by atoms with Crippen LogP contribution in [0.2, 0.25) is 0 Å². The number of rotatable bonds is 11. The van der Waals surface area contributed by atoms with Crippen molar-refractivity contribution in [2.24, 2.45) is 0 Å². The lowest BCUT2D eigenvalue weighted by Gasteiger charge is -2.04. The number of hydrogen-bond acceptors (Lipinski definition) is 4. The van der Waals surface area contributed by atoms with Crippen LogP contribution in [0.25, 0.3) is 0 Å². The number of unbranched alkanes of at least 4 members (excludes halogenated alkanes) is 1. The van der Waals surface area contributed by atoms with Crippen LogP contribution < -0.4 is 5.32 Å². The van der Waals surface area contributed by atoms with Gasteiger partial charge in [0, 0.05) is 38.6 Å². The fourth-order valence-electron chi connectivity index (χ4n) is 1.60. The van der Waals surface area contributed by atoms with E-state index in [1.807, 2.05) is 10.9 Å². The second-order valence-corrected chi connectivity index (χ2v) is 4.19. The summed E-state index contributed by atoms with van der Waals surface area (Å²) in [5, 5.41) is 7.64. The Kier molecular flexibility index (Phi) is 8.46. The van der Waals surface area contributed by atoms with Crippen LogP contribution in [0.4, 0.5) is 0 Å². The third kappa shape index (κ3) is 6.74. The number of methoxy groups -OCH3 is 1. The maximum absolute atomic E-state index is 5.39. The molecule has 0 aromatic carbocycles. The van der Waals surface area contributed by atoms with E-state index in [0.29, 0.717) is 13.2 Å². The minimum atomic E-state index is 0.680. The van der Waals surface area contributed by atoms with Gasteiger partial charge in [-0.25, -0.2) is 0 Å². The van der Waals surface area contributed by atoms with E-state index in [1.165, 1.54) is 5.56 Å². The highest BCUT2D eigenvalue weighted by Gasteiger charge is 1.96. The predicted octanol–water partition coefficient (Wildman–Crippen LogP) is 1.44. The van der Waals surface area contributed by atoms with E-state index in [0.717, 1.165) is 39.1 Å². The molecule has 0 amide bonds. The molecule has 0 saturated heterocycles. The van der Waals surface area contributed by atoms with Crippen LogP contribution in [0, 0.1) is 0 Å². The fraction of sp³-hybridized carbons (Fsp3) is 0.769. The molecular formula is C13H25N3O2. The normalized spacial score (nSPS) is 11.0. The molecule has 18 heavy (non-hydrogen) atoms. The van der Waals surface area contributed by atoms with Crippen molar-refractivity contribution < 1.29 is 9.47 Å². The standard InChI is InChI=1S/C13H25N3O2/c1-3-16-12-13(11-15-16)10-14-6-4-5-7-18-9-8-17-2/h11-12,14H,3-10H2,1-2H3. The Bertz CT molecular complexity index is 302. The average Bonchev–Trinajstić information content (AvgIpc) is 2.85. The van der Waals surface area contributed by atoms with Crippen molar-refractivity contribution in [1.29, 1.82) is 0 Å². The first-order valence-corrected chi connectivity index (χ1v) is 6.65. The molecule has 1 aromatic heterocycles. The van der Waals surface area contributed by atoms with Crippen LogP contribution in [0.5, 0.6) is 0 Å². The SMILES string of the molecule is CCn1cc(CNCCCCOCCOC)cn1. The van der Waals surface area contributed by atoms with Crippen LogP contribution in [0.15, 0.2) is 12.4 Å². The highest BCUT2D eigenvalue weighted by Crippen LogP contribution is 1.97. The minimum absolute atomic E-state index is 0.680. The van der Waals surface area contributed by atoms with E-state index in [4.69, 9.17) is 9.47 Å². The van der Waals surface area contributed by atoms with E-state index in [9.17, 15) is 0 Å². The summed E-state index contributed by atoms with van der Waals surface area (Å²) in [6.07, 6.45) is 6.23. The average molecular weight is 255 g/mol. The number of aryl methyl sites for hydroxylation is 1. The van der Waals surface area contributed by atoms with Crippen LogP contribution in [0.1, 0.15) is 25.3 Å². The molecule has 0 aliphatic rings. The van der Waals surface area contributed by atoms with Crippen LogP contribution >= 0.6 is 0 Å². The Morgan fingerprint density at radius 3 is 2.89 bits per heavy atom. The topological polar surface area (TPSA) is 48.3 Å². The van der Waals surface area contributed by atoms with Crippen LogP contribution in [0.3, 0.4) is 0 Å². The van der Waals surface area contributed by atoms with Crippen molar-refractivity contribution in [2.45, 2.75) is 32.9 Å². The van der Waals surface area contributed by atoms with E-state index in [-0.39, 0.29) is 0 Å². The second-order valence-electron chi connectivity index (χ2n) is 4.19. The molecule has 0 fully saturated rings. The molecule has 5 heteroatoms. The molecule has 1 aromatic rings. The van der Waals surface area contributed by atoms with Crippen molar-refractivity contribution in [3.05, 3.63) is 18.0 Å². The summed E-state index contributed by atoms with van der Waals surface area (Å²) in [5.74, 6) is 0. The zero-order valence-electron chi connectivity index (χ0n) is 11.5. The number of nitrogens with one attached hydrogen (secondary N) is 1. The summed E-state index contributed by atoms with van der Waals surface area (Å²) < 4.78 is 12.2. The molecule has 0 bridgehead atoms. The summed E-state index contributed by atoms with van der Waals surface area (Å²) in [5.41, 5.74) is 1.24. The smallest absolute Gasteiger partial charge is 0.0700 e. The molecule has 1 heterocycles. The van der Waals surface area contributed by atoms with Gasteiger partial charge < -0.3 is 14.8 Å². The molecule has 104 valence electrons. The molecule has 0 aliphatic heterocycles. The summed E-state index contributed by atoms with van der Waals surface area (Å²) in [4.78, 5) is 0. The van der Waals surface area contributed by atoms with E-state index in [2.05, 4.69) is 23.5 Å². The molecule has 0 atom stereocenters. The van der Waals surface area contributed by atoms with Crippen molar-refractivity contribution in [2.75, 3.05) is 33.5 Å². The lowest BCUT2D eigenvalue weighted by molar-refractivity contribution is 0.0688. The van der Waals surface area contributed by atoms with Gasteiger partial charge in [-0.3, -0.25) is 4.68 Å². The highest BCUT2D eigenvalue weighted by atomic mass is 16.5. The lowest BCUT2D eigenvalue weighted by Crippen LogP contribution is -2.15. The Morgan fingerprint density at radius 2 is 2.17 bits per heavy atom. The molecule has 0 radical (unpaired) electrons. The zero-order valence-corrected chi connectivity index (χ0v) is 11.5. The van der Waals surface area contributed by atoms with Gasteiger partial charge in [0.15, 0.2) is 0 Å². The van der Waals surface area contributed by atoms with Gasteiger partial charge in [0.1, 0.15) is 0 Å². The zero-order chi connectivity index (χ0) is 13.1. The summed E-state index contributed by atoms with van der Waals surface area (Å²) >= 11 is 0. The van der Waals surface area contributed by atoms with Crippen molar-refractivity contribution in [1.82, 2.24) is 15.1 Å². The van der Waals surface area contributed by atoms with Gasteiger partial charge in [0.25, 0.3) is 0 Å². The highest BCUT2D eigenvalue weighted by molar-refractivity contribution is 5.02. The Hall–Kier alpha value is -0.910. The van der Waals surface area contributed by atoms with Gasteiger partial charge in [-0.2, -0.15) is 5.10 Å². The molecule has 1 N–H and O–H groups in total. The Labute approximate surface area is 109 Å². The Morgan fingerprint density at radius 1 is 1.28 bits per heavy atom. The van der Waals surface area contributed by atoms with Crippen LogP contribution in [-0.2, 0) is 22.6 Å². The van der Waals surface area contributed by atoms with Crippen molar-refractivity contribution in [3.8, 4) is 0 Å². The second kappa shape index (κ2) is 10.1. The first-order valence-electron chi connectivity index (χ1n) is 6.65. The van der Waals surface area contributed by atoms with Gasteiger partial charge >= 0.3 is 0 Å². The summed E-state index contributed by atoms with van der Waals surface area (Å²) in [6, 6.07) is 0. The molecule has 1 rings (SSSR count). The van der Waals surface area contributed by atoms with Crippen LogP contribution in [-0.4, -0.2) is 43.3 Å². The molecule has 0 saturated carbocycles. The van der Waals surface area contributed by atoms with Crippen molar-refractivity contribution >= 4 is 0 Å².